The minimum absolute atomic E-state index is 0. The normalized spacial score (nSPS) is 15.2. The van der Waals surface area contributed by atoms with Crippen molar-refractivity contribution in [2.75, 3.05) is 13.1 Å². The first-order valence-electron chi connectivity index (χ1n) is 9.45. The van der Waals surface area contributed by atoms with Gasteiger partial charge >= 0.3 is 12.0 Å². The molecule has 0 saturated carbocycles. The fourth-order valence-electron chi connectivity index (χ4n) is 3.28. The SMILES string of the molecule is CC(C)C[C@H](NC(=O)N1CCCN1C(=O)[C@@H](C)Cc1ccccc1)C(=O)O.S.S. The van der Waals surface area contributed by atoms with E-state index in [0.29, 0.717) is 32.4 Å². The lowest BCUT2D eigenvalue weighted by Crippen LogP contribution is -2.54. The van der Waals surface area contributed by atoms with Crippen LogP contribution in [0.1, 0.15) is 39.2 Å². The number of carboxylic acids is 1. The van der Waals surface area contributed by atoms with Gasteiger partial charge in [0.15, 0.2) is 0 Å². The number of carbonyl (C=O) groups excluding carboxylic acids is 2. The van der Waals surface area contributed by atoms with Gasteiger partial charge in [0.2, 0.25) is 5.91 Å². The van der Waals surface area contributed by atoms with Crippen LogP contribution in [0, 0.1) is 11.8 Å². The lowest BCUT2D eigenvalue weighted by molar-refractivity contribution is -0.144. The Balaban J connectivity index is 0.00000392. The van der Waals surface area contributed by atoms with Gasteiger partial charge in [-0.25, -0.2) is 19.6 Å². The molecule has 1 saturated heterocycles. The first-order chi connectivity index (χ1) is 12.8. The topological polar surface area (TPSA) is 90.0 Å². The first kappa shape index (κ1) is 27.1. The monoisotopic (exact) mass is 443 g/mol. The van der Waals surface area contributed by atoms with Crippen molar-refractivity contribution < 1.29 is 19.5 Å². The molecule has 1 aromatic rings. The van der Waals surface area contributed by atoms with Crippen molar-refractivity contribution in [3.05, 3.63) is 35.9 Å². The van der Waals surface area contributed by atoms with Crippen molar-refractivity contribution in [1.29, 1.82) is 0 Å². The maximum atomic E-state index is 12.8. The lowest BCUT2D eigenvalue weighted by Gasteiger charge is -2.31. The number of benzene rings is 1. The summed E-state index contributed by atoms with van der Waals surface area (Å²) in [5.74, 6) is -1.32. The molecule has 0 bridgehead atoms. The number of nitrogens with one attached hydrogen (secondary N) is 1. The maximum Gasteiger partial charge on any atom is 0.337 e. The summed E-state index contributed by atoms with van der Waals surface area (Å²) < 4.78 is 0. The Bertz CT molecular complexity index is 673. The van der Waals surface area contributed by atoms with E-state index in [2.05, 4.69) is 5.32 Å². The van der Waals surface area contributed by atoms with Gasteiger partial charge in [-0.1, -0.05) is 51.1 Å². The van der Waals surface area contributed by atoms with E-state index in [1.54, 1.807) is 0 Å². The highest BCUT2D eigenvalue weighted by Gasteiger charge is 2.34. The average Bonchev–Trinajstić information content (AvgIpc) is 3.10. The van der Waals surface area contributed by atoms with Crippen LogP contribution in [0.2, 0.25) is 0 Å². The van der Waals surface area contributed by atoms with Gasteiger partial charge in [-0.2, -0.15) is 27.0 Å². The van der Waals surface area contributed by atoms with E-state index in [1.165, 1.54) is 10.0 Å². The Kier molecular flexibility index (Phi) is 11.8. The van der Waals surface area contributed by atoms with Gasteiger partial charge in [0, 0.05) is 19.0 Å². The van der Waals surface area contributed by atoms with Crippen LogP contribution in [0.4, 0.5) is 4.79 Å². The number of amides is 3. The number of urea groups is 1. The summed E-state index contributed by atoms with van der Waals surface area (Å²) in [6.45, 7) is 6.53. The van der Waals surface area contributed by atoms with E-state index in [9.17, 15) is 19.5 Å². The molecule has 2 rings (SSSR count). The quantitative estimate of drug-likeness (QED) is 0.678. The predicted molar refractivity (Wildman–Crippen MR) is 123 cm³/mol. The van der Waals surface area contributed by atoms with Crippen LogP contribution in [0.5, 0.6) is 0 Å². The van der Waals surface area contributed by atoms with Gasteiger partial charge < -0.3 is 10.4 Å². The highest BCUT2D eigenvalue weighted by Crippen LogP contribution is 2.18. The van der Waals surface area contributed by atoms with Crippen LogP contribution >= 0.6 is 27.0 Å². The molecular formula is C20H33N3O4S2. The van der Waals surface area contributed by atoms with E-state index >= 15 is 0 Å². The lowest BCUT2D eigenvalue weighted by atomic mass is 10.0. The Hall–Kier alpha value is -1.87. The second kappa shape index (κ2) is 12.6. The molecule has 0 radical (unpaired) electrons. The molecule has 9 heteroatoms. The third kappa shape index (κ3) is 7.81. The van der Waals surface area contributed by atoms with Gasteiger partial charge in [0.25, 0.3) is 0 Å². The van der Waals surface area contributed by atoms with Crippen molar-refractivity contribution in [3.63, 3.8) is 0 Å². The Morgan fingerprint density at radius 3 is 2.17 bits per heavy atom. The minimum atomic E-state index is -1.06. The summed E-state index contributed by atoms with van der Waals surface area (Å²) in [6.07, 6.45) is 1.61. The number of carbonyl (C=O) groups is 3. The van der Waals surface area contributed by atoms with Crippen LogP contribution in [-0.2, 0) is 16.0 Å². The largest absolute Gasteiger partial charge is 0.480 e. The highest BCUT2D eigenvalue weighted by molar-refractivity contribution is 7.59. The number of nitrogens with zero attached hydrogens (tertiary/aromatic N) is 2. The fourth-order valence-corrected chi connectivity index (χ4v) is 3.28. The average molecular weight is 444 g/mol. The summed E-state index contributed by atoms with van der Waals surface area (Å²) in [4.78, 5) is 36.8. The molecular weight excluding hydrogens is 410 g/mol. The molecule has 0 aromatic heterocycles. The van der Waals surface area contributed by atoms with E-state index in [-0.39, 0.29) is 44.7 Å². The van der Waals surface area contributed by atoms with Gasteiger partial charge in [-0.3, -0.25) is 4.79 Å². The first-order valence-corrected chi connectivity index (χ1v) is 9.45. The zero-order valence-electron chi connectivity index (χ0n) is 17.2. The number of carboxylic acid groups (broad SMARTS) is 1. The van der Waals surface area contributed by atoms with E-state index in [4.69, 9.17) is 0 Å². The smallest absolute Gasteiger partial charge is 0.337 e. The molecule has 1 aliphatic heterocycles. The Labute approximate surface area is 186 Å². The molecule has 0 unspecified atom stereocenters. The van der Waals surface area contributed by atoms with Crippen molar-refractivity contribution in [1.82, 2.24) is 15.3 Å². The van der Waals surface area contributed by atoms with Crippen LogP contribution < -0.4 is 5.32 Å². The molecule has 2 N–H and O–H groups in total. The van der Waals surface area contributed by atoms with Gasteiger partial charge in [0.05, 0.1) is 0 Å². The minimum Gasteiger partial charge on any atom is -0.480 e. The molecule has 29 heavy (non-hydrogen) atoms. The molecule has 1 aliphatic rings. The van der Waals surface area contributed by atoms with Crippen molar-refractivity contribution in [2.24, 2.45) is 11.8 Å². The number of hydrogen-bond donors (Lipinski definition) is 2. The Morgan fingerprint density at radius 2 is 1.62 bits per heavy atom. The molecule has 0 aliphatic carbocycles. The van der Waals surface area contributed by atoms with Crippen LogP contribution in [-0.4, -0.2) is 52.2 Å². The number of rotatable bonds is 7. The predicted octanol–water partition coefficient (Wildman–Crippen LogP) is 2.75. The second-order valence-electron chi connectivity index (χ2n) is 7.50. The van der Waals surface area contributed by atoms with Crippen molar-refractivity contribution >= 4 is 44.9 Å². The van der Waals surface area contributed by atoms with E-state index < -0.39 is 18.0 Å². The van der Waals surface area contributed by atoms with Gasteiger partial charge in [-0.15, -0.1) is 0 Å². The third-order valence-electron chi connectivity index (χ3n) is 4.63. The summed E-state index contributed by atoms with van der Waals surface area (Å²) in [7, 11) is 0. The summed E-state index contributed by atoms with van der Waals surface area (Å²) >= 11 is 0. The molecule has 3 amide bonds. The summed E-state index contributed by atoms with van der Waals surface area (Å²) in [5.41, 5.74) is 1.07. The second-order valence-corrected chi connectivity index (χ2v) is 7.50. The molecule has 1 fully saturated rings. The van der Waals surface area contributed by atoms with Crippen LogP contribution in [0.25, 0.3) is 0 Å². The molecule has 164 valence electrons. The number of hydrogen-bond acceptors (Lipinski definition) is 3. The fraction of sp³-hybridized carbons (Fsp3) is 0.550. The molecule has 1 heterocycles. The maximum absolute atomic E-state index is 12.8. The summed E-state index contributed by atoms with van der Waals surface area (Å²) in [5, 5.41) is 14.7. The molecule has 1 aromatic carbocycles. The highest BCUT2D eigenvalue weighted by atomic mass is 32.1. The number of hydrazine groups is 1. The van der Waals surface area contributed by atoms with E-state index in [0.717, 1.165) is 5.56 Å². The van der Waals surface area contributed by atoms with E-state index in [1.807, 2.05) is 51.1 Å². The van der Waals surface area contributed by atoms with Crippen molar-refractivity contribution in [2.45, 2.75) is 46.1 Å². The molecule has 0 spiro atoms. The summed E-state index contributed by atoms with van der Waals surface area (Å²) in [6, 6.07) is 8.26. The standard InChI is InChI=1S/C20H29N3O4.2H2S/c1-14(2)12-17(19(25)26)21-20(27)23-11-7-10-22(23)18(24)15(3)13-16-8-5-4-6-9-16;;/h4-6,8-9,14-15,17H,7,10-13H2,1-3H3,(H,21,27)(H,25,26);2*1H2/t15-,17-;;/m0../s1. The van der Waals surface area contributed by atoms with Gasteiger partial charge in [0.1, 0.15) is 6.04 Å². The molecule has 7 nitrogen and oxygen atoms in total. The van der Waals surface area contributed by atoms with Crippen LogP contribution in [0.3, 0.4) is 0 Å². The van der Waals surface area contributed by atoms with Gasteiger partial charge in [-0.05, 0) is 30.7 Å². The van der Waals surface area contributed by atoms with Crippen LogP contribution in [0.15, 0.2) is 30.3 Å². The molecule has 2 atom stereocenters. The Morgan fingerprint density at radius 1 is 1.03 bits per heavy atom. The third-order valence-corrected chi connectivity index (χ3v) is 4.63. The number of aliphatic carboxylic acids is 1. The van der Waals surface area contributed by atoms with Crippen molar-refractivity contribution in [3.8, 4) is 0 Å². The zero-order chi connectivity index (χ0) is 20.0. The zero-order valence-corrected chi connectivity index (χ0v) is 19.2.